The molecule has 2 unspecified atom stereocenters. The first-order valence-electron chi connectivity index (χ1n) is 3.46. The van der Waals surface area contributed by atoms with Gasteiger partial charge >= 0.3 is 0 Å². The Morgan fingerprint density at radius 2 is 2.22 bits per heavy atom. The van der Waals surface area contributed by atoms with Gasteiger partial charge in [-0.25, -0.2) is 4.39 Å². The second-order valence-electron chi connectivity index (χ2n) is 2.99. The molecule has 0 aromatic rings. The summed E-state index contributed by atoms with van der Waals surface area (Å²) in [5.41, 5.74) is -0.946. The summed E-state index contributed by atoms with van der Waals surface area (Å²) in [5, 5.41) is 0. The van der Waals surface area contributed by atoms with Gasteiger partial charge in [-0.05, 0) is 19.8 Å². The Bertz CT molecular complexity index is 101. The van der Waals surface area contributed by atoms with Crippen LogP contribution in [0.2, 0.25) is 0 Å². The van der Waals surface area contributed by atoms with Gasteiger partial charge < -0.3 is 0 Å². The minimum absolute atomic E-state index is 0.0961. The van der Waals surface area contributed by atoms with Gasteiger partial charge in [0, 0.05) is 4.83 Å². The van der Waals surface area contributed by atoms with Gasteiger partial charge in [-0.3, -0.25) is 0 Å². The predicted molar refractivity (Wildman–Crippen MR) is 40.7 cm³/mol. The molecule has 1 rings (SSSR count). The van der Waals surface area contributed by atoms with Gasteiger partial charge in [0.15, 0.2) is 0 Å². The van der Waals surface area contributed by atoms with E-state index < -0.39 is 5.67 Å². The number of hydrogen-bond donors (Lipinski definition) is 0. The van der Waals surface area contributed by atoms with E-state index in [1.807, 2.05) is 0 Å². The van der Waals surface area contributed by atoms with Crippen molar-refractivity contribution in [2.75, 3.05) is 0 Å². The van der Waals surface area contributed by atoms with Crippen molar-refractivity contribution in [2.24, 2.45) is 0 Å². The highest BCUT2D eigenvalue weighted by molar-refractivity contribution is 9.09. The molecule has 1 fully saturated rings. The number of rotatable bonds is 0. The standard InChI is InChI=1S/C7H12BrF/c1-7(9)5-3-2-4-6(7)8/h6H,2-5H2,1H3. The summed E-state index contributed by atoms with van der Waals surface area (Å²) >= 11 is 3.33. The highest BCUT2D eigenvalue weighted by Crippen LogP contribution is 2.36. The first-order valence-corrected chi connectivity index (χ1v) is 4.37. The molecule has 1 aliphatic rings. The van der Waals surface area contributed by atoms with Gasteiger partial charge in [0.05, 0.1) is 0 Å². The highest BCUT2D eigenvalue weighted by atomic mass is 79.9. The topological polar surface area (TPSA) is 0 Å². The molecule has 0 nitrogen and oxygen atoms in total. The van der Waals surface area contributed by atoms with Gasteiger partial charge in [-0.15, -0.1) is 0 Å². The predicted octanol–water partition coefficient (Wildman–Crippen LogP) is 3.05. The molecule has 2 heteroatoms. The lowest BCUT2D eigenvalue weighted by Crippen LogP contribution is -2.33. The fraction of sp³-hybridized carbons (Fsp3) is 1.00. The van der Waals surface area contributed by atoms with Gasteiger partial charge in [-0.2, -0.15) is 0 Å². The van der Waals surface area contributed by atoms with E-state index in [2.05, 4.69) is 15.9 Å². The van der Waals surface area contributed by atoms with Crippen LogP contribution in [0.4, 0.5) is 4.39 Å². The van der Waals surface area contributed by atoms with E-state index >= 15 is 0 Å². The van der Waals surface area contributed by atoms with Crippen molar-refractivity contribution >= 4 is 15.9 Å². The van der Waals surface area contributed by atoms with Gasteiger partial charge in [0.1, 0.15) is 5.67 Å². The summed E-state index contributed by atoms with van der Waals surface area (Å²) in [6, 6.07) is 0. The van der Waals surface area contributed by atoms with E-state index in [1.165, 1.54) is 6.42 Å². The average Bonchev–Trinajstić information content (AvgIpc) is 1.77. The van der Waals surface area contributed by atoms with Crippen LogP contribution in [0.15, 0.2) is 0 Å². The minimum atomic E-state index is -0.946. The zero-order valence-electron chi connectivity index (χ0n) is 5.66. The van der Waals surface area contributed by atoms with E-state index in [9.17, 15) is 4.39 Å². The van der Waals surface area contributed by atoms with Crippen molar-refractivity contribution < 1.29 is 4.39 Å². The van der Waals surface area contributed by atoms with Crippen molar-refractivity contribution in [1.29, 1.82) is 0 Å². The highest BCUT2D eigenvalue weighted by Gasteiger charge is 2.34. The molecular formula is C7H12BrF. The Labute approximate surface area is 64.0 Å². The van der Waals surface area contributed by atoms with Crippen LogP contribution in [0.1, 0.15) is 32.6 Å². The van der Waals surface area contributed by atoms with E-state index in [-0.39, 0.29) is 4.83 Å². The molecule has 0 radical (unpaired) electrons. The summed E-state index contributed by atoms with van der Waals surface area (Å²) in [6.45, 7) is 1.69. The third-order valence-electron chi connectivity index (χ3n) is 2.03. The van der Waals surface area contributed by atoms with E-state index in [4.69, 9.17) is 0 Å². The molecule has 0 amide bonds. The molecule has 0 aromatic carbocycles. The summed E-state index contributed by atoms with van der Waals surface area (Å²) < 4.78 is 13.2. The van der Waals surface area contributed by atoms with Gasteiger partial charge in [0.2, 0.25) is 0 Å². The summed E-state index contributed by atoms with van der Waals surface area (Å²) in [5.74, 6) is 0. The van der Waals surface area contributed by atoms with Crippen LogP contribution in [0.25, 0.3) is 0 Å². The first-order chi connectivity index (χ1) is 4.13. The van der Waals surface area contributed by atoms with Gasteiger partial charge in [0.25, 0.3) is 0 Å². The van der Waals surface area contributed by atoms with Crippen molar-refractivity contribution in [3.63, 3.8) is 0 Å². The molecular weight excluding hydrogens is 183 g/mol. The van der Waals surface area contributed by atoms with Crippen molar-refractivity contribution in [2.45, 2.75) is 43.1 Å². The largest absolute Gasteiger partial charge is 0.243 e. The van der Waals surface area contributed by atoms with Crippen LogP contribution < -0.4 is 0 Å². The third-order valence-corrected chi connectivity index (χ3v) is 3.44. The quantitative estimate of drug-likeness (QED) is 0.521. The Morgan fingerprint density at radius 1 is 1.56 bits per heavy atom. The van der Waals surface area contributed by atoms with Crippen molar-refractivity contribution in [3.8, 4) is 0 Å². The Kier molecular flexibility index (Phi) is 2.14. The number of halogens is 2. The van der Waals surface area contributed by atoms with Gasteiger partial charge in [-0.1, -0.05) is 28.8 Å². The smallest absolute Gasteiger partial charge is 0.120 e. The van der Waals surface area contributed by atoms with E-state index in [0.717, 1.165) is 19.3 Å². The van der Waals surface area contributed by atoms with Crippen LogP contribution in [-0.4, -0.2) is 10.5 Å². The molecule has 1 saturated carbocycles. The maximum atomic E-state index is 13.2. The third kappa shape index (κ3) is 1.66. The summed E-state index contributed by atoms with van der Waals surface area (Å²) in [7, 11) is 0. The van der Waals surface area contributed by atoms with Crippen LogP contribution in [0.5, 0.6) is 0 Å². The van der Waals surface area contributed by atoms with E-state index in [0.29, 0.717) is 0 Å². The lowest BCUT2D eigenvalue weighted by molar-refractivity contribution is 0.141. The zero-order valence-corrected chi connectivity index (χ0v) is 7.25. The zero-order chi connectivity index (χ0) is 6.91. The Morgan fingerprint density at radius 3 is 2.56 bits per heavy atom. The maximum Gasteiger partial charge on any atom is 0.120 e. The molecule has 1 aliphatic carbocycles. The SMILES string of the molecule is CC1(F)CCCCC1Br. The lowest BCUT2D eigenvalue weighted by Gasteiger charge is -2.30. The lowest BCUT2D eigenvalue weighted by atomic mass is 9.88. The molecule has 0 spiro atoms. The first kappa shape index (κ1) is 7.52. The van der Waals surface area contributed by atoms with Crippen molar-refractivity contribution in [1.82, 2.24) is 0 Å². The van der Waals surface area contributed by atoms with Crippen LogP contribution in [0, 0.1) is 0 Å². The maximum absolute atomic E-state index is 13.2. The van der Waals surface area contributed by atoms with Crippen molar-refractivity contribution in [3.05, 3.63) is 0 Å². The second-order valence-corrected chi connectivity index (χ2v) is 4.10. The fourth-order valence-electron chi connectivity index (χ4n) is 1.25. The Hall–Kier alpha value is 0.410. The van der Waals surface area contributed by atoms with Crippen LogP contribution in [-0.2, 0) is 0 Å². The van der Waals surface area contributed by atoms with Crippen LogP contribution in [0.3, 0.4) is 0 Å². The molecule has 0 bridgehead atoms. The normalized spacial score (nSPS) is 45.0. The molecule has 0 N–H and O–H groups in total. The number of alkyl halides is 2. The fourth-order valence-corrected chi connectivity index (χ4v) is 1.80. The minimum Gasteiger partial charge on any atom is -0.243 e. The summed E-state index contributed by atoms with van der Waals surface area (Å²) in [6.07, 6.45) is 3.94. The Balaban J connectivity index is 2.49. The van der Waals surface area contributed by atoms with Crippen LogP contribution >= 0.6 is 15.9 Å². The average molecular weight is 195 g/mol. The molecule has 54 valence electrons. The van der Waals surface area contributed by atoms with E-state index in [1.54, 1.807) is 6.92 Å². The molecule has 0 heterocycles. The second kappa shape index (κ2) is 2.57. The molecule has 0 aromatic heterocycles. The molecule has 2 atom stereocenters. The number of hydrogen-bond acceptors (Lipinski definition) is 0. The molecule has 9 heavy (non-hydrogen) atoms. The molecule has 0 aliphatic heterocycles. The monoisotopic (exact) mass is 194 g/mol. The molecule has 0 saturated heterocycles. The summed E-state index contributed by atoms with van der Waals surface area (Å²) in [4.78, 5) is 0.0961.